The van der Waals surface area contributed by atoms with Crippen LogP contribution in [0.3, 0.4) is 0 Å². The third kappa shape index (κ3) is 8.74. The molecular formula is C29H26Na2O14. The number of carboxylic acids is 2. The minimum atomic E-state index is -1.62. The zero-order valence-corrected chi connectivity index (χ0v) is 28.5. The number of Topliss-reactive ketones (excluding diaryl/α,β-unsaturated/α-hetero) is 1. The number of carboxylic acid groups (broad SMARTS) is 2. The number of fused-ring (bicyclic) bond motifs is 2. The van der Waals surface area contributed by atoms with Gasteiger partial charge in [-0.05, 0) is 42.7 Å². The number of aliphatic carboxylic acids is 2. The van der Waals surface area contributed by atoms with Gasteiger partial charge in [0.2, 0.25) is 5.78 Å². The first-order valence-electron chi connectivity index (χ1n) is 12.7. The molecule has 4 unspecified atom stereocenters. The summed E-state index contributed by atoms with van der Waals surface area (Å²) in [4.78, 5) is 31.7. The fourth-order valence-corrected chi connectivity index (χ4v) is 4.48. The van der Waals surface area contributed by atoms with Crippen molar-refractivity contribution >= 4 is 17.7 Å². The Morgan fingerprint density at radius 1 is 0.800 bits per heavy atom. The van der Waals surface area contributed by atoms with Gasteiger partial charge in [0.1, 0.15) is 22.8 Å². The normalized spacial score (nSPS) is 19.2. The molecule has 0 radical (unpaired) electrons. The van der Waals surface area contributed by atoms with Gasteiger partial charge in [0, 0.05) is 29.6 Å². The van der Waals surface area contributed by atoms with E-state index in [1.54, 1.807) is 30.3 Å². The van der Waals surface area contributed by atoms with Crippen LogP contribution in [0.1, 0.15) is 46.5 Å². The Morgan fingerprint density at radius 2 is 1.40 bits per heavy atom. The van der Waals surface area contributed by atoms with Crippen LogP contribution in [-0.4, -0.2) is 69.2 Å². The van der Waals surface area contributed by atoms with Crippen LogP contribution in [0.2, 0.25) is 0 Å². The standard InChI is InChI=1S/C25H22O10.C4H6O4.2Na/c1-32-17-6-11(2-4-14(17)28)24-20(10-26)33-16-5-3-12(7-18(16)34-24)25-23(31)22(30)21-15(29)8-13(27)9-19(21)35-25;5-3(6)1-2-4(7)8;;/h2-9,20,23-29,31H,10H2,1H3;1-2H2,(H,5,6)(H,7,8);;/q;;2*+1/p-2. The first kappa shape index (κ1) is 38.0. The Kier molecular flexibility index (Phi) is 13.8. The fraction of sp³-hybridized carbons (Fsp3) is 0.276. The molecule has 14 nitrogen and oxygen atoms in total. The van der Waals surface area contributed by atoms with Gasteiger partial charge in [-0.25, -0.2) is 0 Å². The van der Waals surface area contributed by atoms with E-state index in [0.29, 0.717) is 16.9 Å². The third-order valence-corrected chi connectivity index (χ3v) is 6.53. The van der Waals surface area contributed by atoms with Gasteiger partial charge in [-0.2, -0.15) is 0 Å². The third-order valence-electron chi connectivity index (χ3n) is 6.53. The largest absolute Gasteiger partial charge is 1.00 e. The topological polar surface area (TPSA) is 235 Å². The Labute approximate surface area is 300 Å². The Hall–Kier alpha value is -3.21. The molecule has 0 fully saturated rings. The van der Waals surface area contributed by atoms with Crippen LogP contribution in [0.4, 0.5) is 0 Å². The molecule has 45 heavy (non-hydrogen) atoms. The summed E-state index contributed by atoms with van der Waals surface area (Å²) in [6.45, 7) is -0.349. The number of phenols is 3. The molecule has 3 aromatic rings. The number of ether oxygens (including phenoxy) is 4. The van der Waals surface area contributed by atoms with Gasteiger partial charge in [-0.3, -0.25) is 4.79 Å². The zero-order valence-electron chi connectivity index (χ0n) is 24.5. The van der Waals surface area contributed by atoms with Crippen molar-refractivity contribution in [3.8, 4) is 40.2 Å². The second-order valence-electron chi connectivity index (χ2n) is 9.44. The molecule has 0 aliphatic carbocycles. The maximum Gasteiger partial charge on any atom is 1.00 e. The molecule has 0 spiro atoms. The number of aliphatic hydroxyl groups excluding tert-OH is 2. The molecule has 228 valence electrons. The molecule has 3 aromatic carbocycles. The summed E-state index contributed by atoms with van der Waals surface area (Å²) in [5.74, 6) is -3.56. The zero-order chi connectivity index (χ0) is 31.4. The number of benzene rings is 3. The molecule has 0 saturated carbocycles. The Morgan fingerprint density at radius 3 is 2.00 bits per heavy atom. The van der Waals surface area contributed by atoms with Crippen molar-refractivity contribution in [3.63, 3.8) is 0 Å². The second kappa shape index (κ2) is 16.4. The molecule has 2 heterocycles. The molecule has 0 bridgehead atoms. The number of methoxy groups -OCH3 is 1. The molecule has 0 saturated heterocycles. The fourth-order valence-electron chi connectivity index (χ4n) is 4.48. The monoisotopic (exact) mass is 644 g/mol. The van der Waals surface area contributed by atoms with Crippen molar-refractivity contribution < 1.29 is 128 Å². The number of hydrogen-bond donors (Lipinski definition) is 5. The summed E-state index contributed by atoms with van der Waals surface area (Å²) in [5.41, 5.74) is 0.751. The number of carbonyl (C=O) groups is 3. The first-order chi connectivity index (χ1) is 20.4. The molecule has 0 amide bonds. The summed E-state index contributed by atoms with van der Waals surface area (Å²) in [7, 11) is 1.41. The maximum atomic E-state index is 12.7. The van der Waals surface area contributed by atoms with Crippen LogP contribution in [0, 0.1) is 0 Å². The number of ketones is 1. The predicted octanol–water partition coefficient (Wildman–Crippen LogP) is -6.36. The summed E-state index contributed by atoms with van der Waals surface area (Å²) < 4.78 is 23.0. The van der Waals surface area contributed by atoms with E-state index in [1.807, 2.05) is 0 Å². The van der Waals surface area contributed by atoms with Crippen LogP contribution in [0.5, 0.6) is 40.2 Å². The van der Waals surface area contributed by atoms with Crippen molar-refractivity contribution in [1.82, 2.24) is 0 Å². The van der Waals surface area contributed by atoms with E-state index in [-0.39, 0.29) is 100 Å². The van der Waals surface area contributed by atoms with E-state index in [9.17, 15) is 50.1 Å². The molecule has 2 aliphatic rings. The van der Waals surface area contributed by atoms with Gasteiger partial charge in [0.15, 0.2) is 47.4 Å². The summed E-state index contributed by atoms with van der Waals surface area (Å²) in [5, 5.41) is 69.2. The van der Waals surface area contributed by atoms with Crippen LogP contribution in [0.15, 0.2) is 48.5 Å². The van der Waals surface area contributed by atoms with Crippen molar-refractivity contribution in [2.24, 2.45) is 0 Å². The Bertz CT molecular complexity index is 1530. The average Bonchev–Trinajstić information content (AvgIpc) is 2.97. The van der Waals surface area contributed by atoms with E-state index in [1.165, 1.54) is 19.2 Å². The van der Waals surface area contributed by atoms with Gasteiger partial charge in [-0.15, -0.1) is 0 Å². The van der Waals surface area contributed by atoms with Gasteiger partial charge in [0.25, 0.3) is 0 Å². The number of aliphatic hydroxyl groups is 2. The molecule has 2 aliphatic heterocycles. The van der Waals surface area contributed by atoms with E-state index in [4.69, 9.17) is 18.9 Å². The van der Waals surface area contributed by atoms with E-state index >= 15 is 0 Å². The van der Waals surface area contributed by atoms with Gasteiger partial charge in [-0.1, -0.05) is 12.1 Å². The van der Waals surface area contributed by atoms with Crippen LogP contribution in [0.25, 0.3) is 0 Å². The summed E-state index contributed by atoms with van der Waals surface area (Å²) >= 11 is 0. The van der Waals surface area contributed by atoms with Gasteiger partial charge >= 0.3 is 59.1 Å². The van der Waals surface area contributed by atoms with Crippen LogP contribution in [-0.2, 0) is 9.59 Å². The Balaban J connectivity index is 0.000000627. The molecule has 5 rings (SSSR count). The number of phenolic OH excluding ortho intramolecular Hbond substituents is 3. The molecule has 0 aromatic heterocycles. The van der Waals surface area contributed by atoms with Crippen LogP contribution < -0.4 is 88.3 Å². The SMILES string of the molecule is COc1cc(C2Oc3cc(C4Oc5cc(O)cc(O)c5C(=O)C4O)ccc3OC2CO)ccc1O.O=C([O-])CCC(=O)[O-].[Na+].[Na+]. The average molecular weight is 644 g/mol. The maximum absolute atomic E-state index is 12.7. The molecule has 16 heteroatoms. The molecule has 4 atom stereocenters. The van der Waals surface area contributed by atoms with Crippen molar-refractivity contribution in [3.05, 3.63) is 65.2 Å². The number of aromatic hydroxyl groups is 3. The van der Waals surface area contributed by atoms with E-state index < -0.39 is 60.7 Å². The second-order valence-corrected chi connectivity index (χ2v) is 9.44. The van der Waals surface area contributed by atoms with E-state index in [0.717, 1.165) is 6.07 Å². The number of hydrogen-bond acceptors (Lipinski definition) is 14. The van der Waals surface area contributed by atoms with E-state index in [2.05, 4.69) is 0 Å². The van der Waals surface area contributed by atoms with Crippen molar-refractivity contribution in [1.29, 1.82) is 0 Å². The van der Waals surface area contributed by atoms with Gasteiger partial charge in [0.05, 0.1) is 13.7 Å². The van der Waals surface area contributed by atoms with Crippen molar-refractivity contribution in [2.75, 3.05) is 13.7 Å². The minimum absolute atomic E-state index is 0. The predicted molar refractivity (Wildman–Crippen MR) is 139 cm³/mol. The summed E-state index contributed by atoms with van der Waals surface area (Å²) in [6, 6.07) is 11.5. The number of carbonyl (C=O) groups excluding carboxylic acids is 3. The summed E-state index contributed by atoms with van der Waals surface area (Å²) in [6.07, 6.45) is -5.22. The quantitative estimate of drug-likeness (QED) is 0.151. The molecular weight excluding hydrogens is 618 g/mol. The molecule has 5 N–H and O–H groups in total. The van der Waals surface area contributed by atoms with Crippen molar-refractivity contribution in [2.45, 2.75) is 37.3 Å². The minimum Gasteiger partial charge on any atom is -0.550 e. The van der Waals surface area contributed by atoms with Gasteiger partial charge < -0.3 is 64.3 Å². The smallest absolute Gasteiger partial charge is 0.550 e. The number of rotatable bonds is 7. The van der Waals surface area contributed by atoms with Crippen LogP contribution >= 0.6 is 0 Å². The first-order valence-corrected chi connectivity index (χ1v) is 12.7.